The molecule has 10 heteroatoms. The number of fused-ring (bicyclic) bond motifs is 4. The Kier molecular flexibility index (Phi) is 7.98. The van der Waals surface area contributed by atoms with Gasteiger partial charge in [0, 0.05) is 16.3 Å². The zero-order chi connectivity index (χ0) is 38.9. The molecule has 0 atom stereocenters. The zero-order valence-electron chi connectivity index (χ0n) is 29.0. The van der Waals surface area contributed by atoms with Crippen molar-refractivity contribution in [2.24, 2.45) is 0 Å². The van der Waals surface area contributed by atoms with E-state index in [1.165, 1.54) is 17.0 Å². The fraction of sp³-hybridized carbons (Fsp3) is 0.0435. The first-order valence-corrected chi connectivity index (χ1v) is 17.5. The van der Waals surface area contributed by atoms with Gasteiger partial charge in [0.05, 0.1) is 44.7 Å². The van der Waals surface area contributed by atoms with E-state index in [0.29, 0.717) is 45.5 Å². The number of hydrogen-bond donors (Lipinski definition) is 0. The average Bonchev–Trinajstić information content (AvgIpc) is 3.67. The van der Waals surface area contributed by atoms with Gasteiger partial charge in [-0.2, -0.15) is 26.3 Å². The lowest BCUT2D eigenvalue weighted by Crippen LogP contribution is -2.30. The normalized spacial score (nSPS) is 13.2. The topological polar surface area (TPSA) is 42.3 Å². The monoisotopic (exact) mass is 752 g/mol. The van der Waals surface area contributed by atoms with Crippen molar-refractivity contribution in [2.45, 2.75) is 12.4 Å². The van der Waals surface area contributed by atoms with E-state index < -0.39 is 35.3 Å². The van der Waals surface area contributed by atoms with Gasteiger partial charge >= 0.3 is 12.4 Å². The first kappa shape index (κ1) is 34.8. The van der Waals surface area contributed by atoms with Crippen molar-refractivity contribution in [3.63, 3.8) is 0 Å². The summed E-state index contributed by atoms with van der Waals surface area (Å²) in [6.07, 6.45) is -10.1. The minimum Gasteiger partial charge on any atom is -0.308 e. The van der Waals surface area contributed by atoms with Crippen LogP contribution in [0.2, 0.25) is 0 Å². The van der Waals surface area contributed by atoms with Crippen LogP contribution in [-0.2, 0) is 12.4 Å². The largest absolute Gasteiger partial charge is 0.416 e. The molecular formula is C46H26F6N2O2. The molecule has 0 fully saturated rings. The average molecular weight is 753 g/mol. The van der Waals surface area contributed by atoms with Crippen LogP contribution in [0.15, 0.2) is 158 Å². The third-order valence-electron chi connectivity index (χ3n) is 10.2. The Balaban J connectivity index is 1.25. The number of rotatable bonds is 5. The lowest BCUT2D eigenvalue weighted by atomic mass is 9.92. The highest BCUT2D eigenvalue weighted by molar-refractivity contribution is 6.36. The second-order valence-corrected chi connectivity index (χ2v) is 13.5. The van der Waals surface area contributed by atoms with Crippen molar-refractivity contribution < 1.29 is 35.9 Å². The lowest BCUT2D eigenvalue weighted by Gasteiger charge is -2.22. The van der Waals surface area contributed by atoms with E-state index in [4.69, 9.17) is 0 Å². The Labute approximate surface area is 315 Å². The van der Waals surface area contributed by atoms with Crippen LogP contribution >= 0.6 is 0 Å². The van der Waals surface area contributed by atoms with Crippen molar-refractivity contribution in [1.82, 2.24) is 4.57 Å². The molecule has 56 heavy (non-hydrogen) atoms. The second-order valence-electron chi connectivity index (χ2n) is 13.5. The molecule has 0 radical (unpaired) electrons. The number of carbonyl (C=O) groups excluding carboxylic acids is 2. The maximum atomic E-state index is 14.9. The summed E-state index contributed by atoms with van der Waals surface area (Å²) in [5.41, 5.74) is 2.09. The Hall–Kier alpha value is -6.94. The third-order valence-corrected chi connectivity index (χ3v) is 10.2. The Morgan fingerprint density at radius 1 is 0.393 bits per heavy atom. The SMILES string of the molecule is O=C1c2cccc(-n3c4ccccc4c4ccc(-c5cc(C(F)(F)F)cc(C(F)(F)F)c5)cc43)c2C(=O)N1c1cccc(-c2ccccc2)c1-c1ccccc1. The van der Waals surface area contributed by atoms with E-state index in [1.54, 1.807) is 59.2 Å². The maximum absolute atomic E-state index is 14.9. The van der Waals surface area contributed by atoms with E-state index in [9.17, 15) is 35.9 Å². The molecule has 1 aliphatic heterocycles. The van der Waals surface area contributed by atoms with Crippen LogP contribution in [0.5, 0.6) is 0 Å². The van der Waals surface area contributed by atoms with Crippen LogP contribution in [0, 0.1) is 0 Å². The van der Waals surface area contributed by atoms with Crippen LogP contribution in [0.25, 0.3) is 60.9 Å². The molecule has 274 valence electrons. The van der Waals surface area contributed by atoms with E-state index in [-0.39, 0.29) is 28.3 Å². The smallest absolute Gasteiger partial charge is 0.308 e. The quantitative estimate of drug-likeness (QED) is 0.130. The molecule has 0 bridgehead atoms. The number of carbonyl (C=O) groups is 2. The Morgan fingerprint density at radius 2 is 0.964 bits per heavy atom. The molecule has 1 aromatic heterocycles. The number of para-hydroxylation sites is 1. The molecule has 0 aliphatic carbocycles. The minimum absolute atomic E-state index is 0.0966. The van der Waals surface area contributed by atoms with Crippen LogP contribution in [0.3, 0.4) is 0 Å². The van der Waals surface area contributed by atoms with E-state index in [2.05, 4.69) is 0 Å². The Morgan fingerprint density at radius 3 is 1.62 bits per heavy atom. The molecule has 0 saturated carbocycles. The van der Waals surface area contributed by atoms with E-state index in [0.717, 1.165) is 22.1 Å². The van der Waals surface area contributed by atoms with Gasteiger partial charge in [0.2, 0.25) is 0 Å². The minimum atomic E-state index is -5.03. The highest BCUT2D eigenvalue weighted by atomic mass is 19.4. The second kappa shape index (κ2) is 12.8. The van der Waals surface area contributed by atoms with Crippen molar-refractivity contribution in [2.75, 3.05) is 4.90 Å². The van der Waals surface area contributed by atoms with Crippen LogP contribution in [0.1, 0.15) is 31.8 Å². The summed E-state index contributed by atoms with van der Waals surface area (Å²) >= 11 is 0. The first-order valence-electron chi connectivity index (χ1n) is 17.5. The number of aromatic nitrogens is 1. The third kappa shape index (κ3) is 5.64. The van der Waals surface area contributed by atoms with Crippen LogP contribution < -0.4 is 4.90 Å². The fourth-order valence-electron chi connectivity index (χ4n) is 7.70. The van der Waals surface area contributed by atoms with Crippen molar-refractivity contribution in [1.29, 1.82) is 0 Å². The molecule has 1 aliphatic rings. The maximum Gasteiger partial charge on any atom is 0.416 e. The molecule has 2 amide bonds. The summed E-state index contributed by atoms with van der Waals surface area (Å²) < 4.78 is 85.0. The molecule has 4 nitrogen and oxygen atoms in total. The number of anilines is 1. The standard InChI is InChI=1S/C46H26F6N2O2/c47-45(48,49)31-23-30(24-32(26-31)46(50,51)52)29-21-22-35-34-15-7-8-18-37(34)53(40(35)25-29)39-20-10-17-36-42(39)44(56)54(43(36)55)38-19-9-16-33(27-11-3-1-4-12-27)41(38)28-13-5-2-6-14-28/h1-26H. The van der Waals surface area contributed by atoms with Gasteiger partial charge in [-0.15, -0.1) is 0 Å². The summed E-state index contributed by atoms with van der Waals surface area (Å²) in [6.45, 7) is 0. The number of halogens is 6. The van der Waals surface area contributed by atoms with Gasteiger partial charge in [0.1, 0.15) is 0 Å². The van der Waals surface area contributed by atoms with Gasteiger partial charge in [-0.05, 0) is 76.3 Å². The van der Waals surface area contributed by atoms with Gasteiger partial charge in [-0.3, -0.25) is 9.59 Å². The molecule has 0 spiro atoms. The first-order chi connectivity index (χ1) is 26.9. The summed E-state index contributed by atoms with van der Waals surface area (Å²) in [5, 5.41) is 1.36. The molecule has 9 rings (SSSR count). The summed E-state index contributed by atoms with van der Waals surface area (Å²) in [6, 6.07) is 42.8. The van der Waals surface area contributed by atoms with Crippen molar-refractivity contribution in [3.8, 4) is 39.1 Å². The zero-order valence-corrected chi connectivity index (χ0v) is 29.0. The molecular weight excluding hydrogens is 727 g/mol. The molecule has 8 aromatic rings. The van der Waals surface area contributed by atoms with E-state index >= 15 is 0 Å². The fourth-order valence-corrected chi connectivity index (χ4v) is 7.70. The van der Waals surface area contributed by atoms with Crippen molar-refractivity contribution in [3.05, 3.63) is 180 Å². The number of alkyl halides is 6. The van der Waals surface area contributed by atoms with Crippen LogP contribution in [0.4, 0.5) is 32.0 Å². The van der Waals surface area contributed by atoms with Gasteiger partial charge < -0.3 is 4.57 Å². The van der Waals surface area contributed by atoms with Gasteiger partial charge in [0.15, 0.2) is 0 Å². The lowest BCUT2D eigenvalue weighted by molar-refractivity contribution is -0.143. The van der Waals surface area contributed by atoms with E-state index in [1.807, 2.05) is 72.8 Å². The number of amides is 2. The molecule has 7 aromatic carbocycles. The molecule has 0 N–H and O–H groups in total. The summed E-state index contributed by atoms with van der Waals surface area (Å²) in [7, 11) is 0. The van der Waals surface area contributed by atoms with Gasteiger partial charge in [0.25, 0.3) is 11.8 Å². The summed E-state index contributed by atoms with van der Waals surface area (Å²) in [4.78, 5) is 30.5. The number of imide groups is 1. The number of nitrogens with zero attached hydrogens (tertiary/aromatic N) is 2. The molecule has 0 saturated heterocycles. The Bertz CT molecular complexity index is 2850. The highest BCUT2D eigenvalue weighted by Crippen LogP contribution is 2.45. The van der Waals surface area contributed by atoms with Gasteiger partial charge in [-0.1, -0.05) is 109 Å². The van der Waals surface area contributed by atoms with Crippen LogP contribution in [-0.4, -0.2) is 16.4 Å². The predicted molar refractivity (Wildman–Crippen MR) is 205 cm³/mol. The number of benzene rings is 7. The highest BCUT2D eigenvalue weighted by Gasteiger charge is 2.41. The number of hydrogen-bond acceptors (Lipinski definition) is 2. The molecule has 0 unspecified atom stereocenters. The van der Waals surface area contributed by atoms with Crippen molar-refractivity contribution >= 4 is 39.3 Å². The molecule has 2 heterocycles. The predicted octanol–water partition coefficient (Wildman–Crippen LogP) is 12.6. The summed E-state index contributed by atoms with van der Waals surface area (Å²) in [5.74, 6) is -1.13. The van der Waals surface area contributed by atoms with Gasteiger partial charge in [-0.25, -0.2) is 4.90 Å².